The average molecular weight is 842 g/mol. The zero-order chi connectivity index (χ0) is 43.8. The van der Waals surface area contributed by atoms with Gasteiger partial charge in [-0.2, -0.15) is 0 Å². The highest BCUT2D eigenvalue weighted by atomic mass is 16.2. The summed E-state index contributed by atoms with van der Waals surface area (Å²) >= 11 is 0. The van der Waals surface area contributed by atoms with Crippen molar-refractivity contribution in [1.82, 2.24) is 34.6 Å². The van der Waals surface area contributed by atoms with Gasteiger partial charge in [-0.15, -0.1) is 0 Å². The number of nitrogens with one attached hydrogen (secondary N) is 2. The first-order valence-corrected chi connectivity index (χ1v) is 20.8. The van der Waals surface area contributed by atoms with Crippen molar-refractivity contribution < 1.29 is 27.7 Å². The van der Waals surface area contributed by atoms with Crippen molar-refractivity contribution in [2.24, 2.45) is 5.92 Å². The van der Waals surface area contributed by atoms with Crippen LogP contribution in [0.1, 0.15) is 81.4 Å². The number of nitrogens with zero attached hydrogens (tertiary/aromatic N) is 7. The maximum absolute atomic E-state index is 12.9. The van der Waals surface area contributed by atoms with Gasteiger partial charge in [0, 0.05) is 74.4 Å². The molecule has 8 rings (SSSR count). The molecule has 1 unspecified atom stereocenters. The van der Waals surface area contributed by atoms with Crippen molar-refractivity contribution in [2.45, 2.75) is 39.7 Å². The van der Waals surface area contributed by atoms with Gasteiger partial charge in [0.15, 0.2) is 0 Å². The largest absolute Gasteiger partial charge is 0.338 e. The lowest BCUT2D eigenvalue weighted by Gasteiger charge is -2.20. The summed E-state index contributed by atoms with van der Waals surface area (Å²) in [5.74, 6) is 0.0430. The van der Waals surface area contributed by atoms with Crippen molar-refractivity contribution in [2.75, 3.05) is 50.9 Å². The Morgan fingerprint density at radius 2 is 1.02 bits per heavy atom. The Balaban J connectivity index is 0.000000626. The monoisotopic (exact) mass is 842 g/mol. The fourth-order valence-electron chi connectivity index (χ4n) is 7.43. The Bertz CT molecular complexity index is 2560. The fourth-order valence-corrected chi connectivity index (χ4v) is 7.43. The Kier molecular flexibility index (Phi) is 13.5. The van der Waals surface area contributed by atoms with Crippen LogP contribution in [0.4, 0.5) is 11.4 Å². The molecule has 2 fully saturated rings. The molecule has 4 aromatic carbocycles. The SMILES string of the molecule is Cc1ncc(-c2ccc(C(=O)N3CCC(C)C3)cc2)nc1C(=O)Nc1ccccc1.Cc1ncc(-c2ccc(C(=O)N3CC[C@@H](N(C)C)C3)cc2)nc1C(=O)Nc1ccccc1.[HH].[HH].[HH].[HH].[HH].[HH]. The minimum Gasteiger partial charge on any atom is -0.338 e. The number of hydrogen-bond donors (Lipinski definition) is 2. The van der Waals surface area contributed by atoms with Gasteiger partial charge in [-0.25, -0.2) is 9.97 Å². The first-order valence-electron chi connectivity index (χ1n) is 20.8. The standard InChI is InChI=1S/C25H27N5O2.C24H24N4O2.6H2/c1-17-23(24(31)27-20-7-5-4-6-8-20)28-22(15-26-17)18-9-11-19(12-10-18)25(32)30-14-13-21(16-30)29(2)3;1-16-12-13-28(15-16)24(30)19-10-8-18(9-11-19)21-14-25-17(2)22(27-21)23(29)26-20-6-4-3-5-7-20;;;;;;/h4-12,15,21H,13-14,16H2,1-3H3,(H,27,31);3-11,14,16H,12-13,15H2,1-2H3,(H,26,29);6*1H/t21-;;;;;;;/m1......./s1. The summed E-state index contributed by atoms with van der Waals surface area (Å²) in [5.41, 5.74) is 7.16. The van der Waals surface area contributed by atoms with Crippen molar-refractivity contribution in [1.29, 1.82) is 0 Å². The van der Waals surface area contributed by atoms with Gasteiger partial charge < -0.3 is 25.3 Å². The third-order valence-electron chi connectivity index (χ3n) is 11.2. The number of benzene rings is 4. The fraction of sp³-hybridized carbons (Fsp3) is 0.265. The number of carbonyl (C=O) groups is 4. The van der Waals surface area contributed by atoms with Gasteiger partial charge in [0.25, 0.3) is 23.6 Å². The molecule has 328 valence electrons. The second-order valence-corrected chi connectivity index (χ2v) is 16.0. The Hall–Kier alpha value is -7.12. The molecule has 2 atom stereocenters. The zero-order valence-corrected chi connectivity index (χ0v) is 35.7. The quantitative estimate of drug-likeness (QED) is 0.145. The van der Waals surface area contributed by atoms with E-state index in [0.717, 1.165) is 50.1 Å². The van der Waals surface area contributed by atoms with Crippen molar-refractivity contribution in [3.8, 4) is 22.5 Å². The molecule has 4 amide bonds. The van der Waals surface area contributed by atoms with E-state index < -0.39 is 0 Å². The van der Waals surface area contributed by atoms with E-state index in [1.54, 1.807) is 26.2 Å². The summed E-state index contributed by atoms with van der Waals surface area (Å²) < 4.78 is 0. The van der Waals surface area contributed by atoms with Gasteiger partial charge in [-0.3, -0.25) is 29.1 Å². The Labute approximate surface area is 371 Å². The number of aromatic nitrogens is 4. The first kappa shape index (κ1) is 43.0. The van der Waals surface area contributed by atoms with Crippen LogP contribution >= 0.6 is 0 Å². The molecule has 4 heterocycles. The highest BCUT2D eigenvalue weighted by Gasteiger charge is 2.28. The van der Waals surface area contributed by atoms with Gasteiger partial charge in [-0.1, -0.05) is 67.6 Å². The van der Waals surface area contributed by atoms with Crippen molar-refractivity contribution in [3.05, 3.63) is 155 Å². The van der Waals surface area contributed by atoms with Crippen LogP contribution in [0.2, 0.25) is 0 Å². The van der Waals surface area contributed by atoms with Crippen LogP contribution in [0.3, 0.4) is 0 Å². The second-order valence-electron chi connectivity index (χ2n) is 16.0. The van der Waals surface area contributed by atoms with E-state index in [1.807, 2.05) is 133 Å². The topological polar surface area (TPSA) is 154 Å². The molecule has 0 radical (unpaired) electrons. The van der Waals surface area contributed by atoms with E-state index in [1.165, 1.54) is 0 Å². The molecule has 2 aliphatic heterocycles. The van der Waals surface area contributed by atoms with Crippen LogP contribution in [0.15, 0.2) is 122 Å². The molecule has 2 aliphatic rings. The summed E-state index contributed by atoms with van der Waals surface area (Å²) in [6, 6.07) is 33.5. The van der Waals surface area contributed by atoms with E-state index in [4.69, 9.17) is 0 Å². The van der Waals surface area contributed by atoms with E-state index in [9.17, 15) is 19.2 Å². The number of amides is 4. The third-order valence-corrected chi connectivity index (χ3v) is 11.2. The lowest BCUT2D eigenvalue weighted by atomic mass is 10.1. The van der Waals surface area contributed by atoms with Crippen LogP contribution in [-0.2, 0) is 0 Å². The van der Waals surface area contributed by atoms with Gasteiger partial charge >= 0.3 is 0 Å². The van der Waals surface area contributed by atoms with Crippen LogP contribution in [-0.4, -0.2) is 105 Å². The Morgan fingerprint density at radius 1 is 0.597 bits per heavy atom. The molecular weight excluding hydrogens is 779 g/mol. The van der Waals surface area contributed by atoms with Crippen molar-refractivity contribution >= 4 is 35.0 Å². The molecule has 0 saturated carbocycles. The minimum atomic E-state index is -0.306. The third kappa shape index (κ3) is 10.4. The number of anilines is 2. The number of para-hydroxylation sites is 2. The maximum Gasteiger partial charge on any atom is 0.276 e. The molecule has 2 saturated heterocycles. The number of likely N-dealkylation sites (N-methyl/N-ethyl adjacent to an activating group) is 1. The van der Waals surface area contributed by atoms with Gasteiger partial charge in [0.2, 0.25) is 0 Å². The molecule has 2 aromatic heterocycles. The zero-order valence-electron chi connectivity index (χ0n) is 35.7. The average Bonchev–Trinajstić information content (AvgIpc) is 3.98. The predicted octanol–water partition coefficient (Wildman–Crippen LogP) is 9.14. The lowest BCUT2D eigenvalue weighted by molar-refractivity contribution is 0.0777. The maximum atomic E-state index is 12.9. The van der Waals surface area contributed by atoms with E-state index in [0.29, 0.717) is 57.2 Å². The van der Waals surface area contributed by atoms with E-state index in [2.05, 4.69) is 42.4 Å². The molecule has 13 nitrogen and oxygen atoms in total. The normalized spacial score (nSPS) is 15.8. The van der Waals surface area contributed by atoms with E-state index in [-0.39, 0.29) is 43.6 Å². The number of carbonyl (C=O) groups excluding carboxylic acids is 4. The highest BCUT2D eigenvalue weighted by molar-refractivity contribution is 6.04. The molecule has 13 heteroatoms. The van der Waals surface area contributed by atoms with Crippen LogP contribution < -0.4 is 10.6 Å². The van der Waals surface area contributed by atoms with Gasteiger partial charge in [0.05, 0.1) is 35.2 Å². The van der Waals surface area contributed by atoms with Crippen LogP contribution in [0.25, 0.3) is 22.5 Å². The number of rotatable bonds is 9. The first-order chi connectivity index (χ1) is 29.9. The minimum absolute atomic E-state index is 0. The molecular formula is C49H63N9O4. The summed E-state index contributed by atoms with van der Waals surface area (Å²) in [6.45, 7) is 8.82. The van der Waals surface area contributed by atoms with Crippen molar-refractivity contribution in [3.63, 3.8) is 0 Å². The van der Waals surface area contributed by atoms with Crippen LogP contribution in [0.5, 0.6) is 0 Å². The summed E-state index contributed by atoms with van der Waals surface area (Å²) in [5, 5.41) is 5.69. The number of hydrogen-bond acceptors (Lipinski definition) is 9. The van der Waals surface area contributed by atoms with E-state index >= 15 is 0 Å². The smallest absolute Gasteiger partial charge is 0.276 e. The number of aryl methyl sites for hydroxylation is 2. The van der Waals surface area contributed by atoms with Gasteiger partial charge in [0.1, 0.15) is 11.4 Å². The number of likely N-dealkylation sites (tertiary alicyclic amines) is 2. The molecule has 0 bridgehead atoms. The highest BCUT2D eigenvalue weighted by Crippen LogP contribution is 2.24. The molecule has 6 aromatic rings. The second kappa shape index (κ2) is 19.5. The predicted molar refractivity (Wildman–Crippen MR) is 254 cm³/mol. The summed E-state index contributed by atoms with van der Waals surface area (Å²) in [7, 11) is 4.09. The van der Waals surface area contributed by atoms with Gasteiger partial charge in [-0.05, 0) is 95.2 Å². The lowest BCUT2D eigenvalue weighted by Crippen LogP contribution is -2.34. The van der Waals surface area contributed by atoms with Crippen LogP contribution in [0, 0.1) is 19.8 Å². The summed E-state index contributed by atoms with van der Waals surface area (Å²) in [4.78, 5) is 74.6. The summed E-state index contributed by atoms with van der Waals surface area (Å²) in [6.07, 6.45) is 5.33. The molecule has 0 aliphatic carbocycles. The Morgan fingerprint density at radius 3 is 1.40 bits per heavy atom. The molecule has 62 heavy (non-hydrogen) atoms. The molecule has 0 spiro atoms. The molecule has 2 N–H and O–H groups in total.